The molecule has 17 heavy (non-hydrogen) atoms. The lowest BCUT2D eigenvalue weighted by Crippen LogP contribution is -2.53. The number of rotatable bonds is 3. The highest BCUT2D eigenvalue weighted by Crippen LogP contribution is 2.21. The summed E-state index contributed by atoms with van der Waals surface area (Å²) in [7, 11) is 0. The Balaban J connectivity index is 2.10. The van der Waals surface area contributed by atoms with Crippen molar-refractivity contribution >= 4 is 0 Å². The molecule has 3 atom stereocenters. The third-order valence-corrected chi connectivity index (χ3v) is 3.69. The van der Waals surface area contributed by atoms with Crippen LogP contribution in [0.15, 0.2) is 43.0 Å². The molecule has 0 spiro atoms. The highest BCUT2D eigenvalue weighted by atomic mass is 15.2. The van der Waals surface area contributed by atoms with Gasteiger partial charge < -0.3 is 5.32 Å². The first kappa shape index (κ1) is 12.3. The van der Waals surface area contributed by atoms with Crippen LogP contribution in [0.3, 0.4) is 0 Å². The number of hydrogen-bond donors (Lipinski definition) is 1. The minimum atomic E-state index is 0.440. The summed E-state index contributed by atoms with van der Waals surface area (Å²) >= 11 is 0. The SMILES string of the molecule is C=CC(C)N1CC(c2ccccc2)NCC1C. The topological polar surface area (TPSA) is 15.3 Å². The third kappa shape index (κ3) is 2.76. The van der Waals surface area contributed by atoms with E-state index >= 15 is 0 Å². The largest absolute Gasteiger partial charge is 0.307 e. The molecule has 2 rings (SSSR count). The summed E-state index contributed by atoms with van der Waals surface area (Å²) in [5.74, 6) is 0. The van der Waals surface area contributed by atoms with Crippen molar-refractivity contribution in [2.45, 2.75) is 32.0 Å². The first-order chi connectivity index (χ1) is 8.22. The van der Waals surface area contributed by atoms with Gasteiger partial charge in [0.05, 0.1) is 0 Å². The van der Waals surface area contributed by atoms with Crippen molar-refractivity contribution in [2.75, 3.05) is 13.1 Å². The van der Waals surface area contributed by atoms with Gasteiger partial charge in [-0.25, -0.2) is 0 Å². The summed E-state index contributed by atoms with van der Waals surface area (Å²) < 4.78 is 0. The Labute approximate surface area is 104 Å². The number of benzene rings is 1. The molecule has 1 saturated heterocycles. The molecule has 1 fully saturated rings. The zero-order valence-corrected chi connectivity index (χ0v) is 10.8. The van der Waals surface area contributed by atoms with Gasteiger partial charge in [0, 0.05) is 31.2 Å². The van der Waals surface area contributed by atoms with Crippen LogP contribution in [0.1, 0.15) is 25.5 Å². The van der Waals surface area contributed by atoms with E-state index in [2.05, 4.69) is 61.0 Å². The summed E-state index contributed by atoms with van der Waals surface area (Å²) in [6.45, 7) is 10.5. The van der Waals surface area contributed by atoms with Crippen LogP contribution in [0.25, 0.3) is 0 Å². The zero-order valence-electron chi connectivity index (χ0n) is 10.8. The molecular formula is C15H22N2. The van der Waals surface area contributed by atoms with E-state index in [-0.39, 0.29) is 0 Å². The fourth-order valence-electron chi connectivity index (χ4n) is 2.50. The monoisotopic (exact) mass is 230 g/mol. The minimum Gasteiger partial charge on any atom is -0.307 e. The van der Waals surface area contributed by atoms with Gasteiger partial charge >= 0.3 is 0 Å². The average Bonchev–Trinajstić information content (AvgIpc) is 2.39. The van der Waals surface area contributed by atoms with Crippen LogP contribution in [0.2, 0.25) is 0 Å². The number of hydrogen-bond acceptors (Lipinski definition) is 2. The van der Waals surface area contributed by atoms with Crippen LogP contribution in [0.4, 0.5) is 0 Å². The molecule has 92 valence electrons. The molecule has 2 nitrogen and oxygen atoms in total. The average molecular weight is 230 g/mol. The Kier molecular flexibility index (Phi) is 3.97. The van der Waals surface area contributed by atoms with E-state index in [1.54, 1.807) is 0 Å². The number of nitrogens with zero attached hydrogens (tertiary/aromatic N) is 1. The van der Waals surface area contributed by atoms with Crippen molar-refractivity contribution < 1.29 is 0 Å². The molecule has 1 aliphatic rings. The van der Waals surface area contributed by atoms with Crippen molar-refractivity contribution in [3.8, 4) is 0 Å². The van der Waals surface area contributed by atoms with Gasteiger partial charge in [-0.15, -0.1) is 6.58 Å². The van der Waals surface area contributed by atoms with Crippen molar-refractivity contribution in [2.24, 2.45) is 0 Å². The quantitative estimate of drug-likeness (QED) is 0.803. The van der Waals surface area contributed by atoms with Crippen LogP contribution in [0.5, 0.6) is 0 Å². The lowest BCUT2D eigenvalue weighted by molar-refractivity contribution is 0.119. The maximum absolute atomic E-state index is 3.91. The molecule has 1 aliphatic heterocycles. The normalized spacial score (nSPS) is 27.6. The molecule has 2 heteroatoms. The summed E-state index contributed by atoms with van der Waals surface area (Å²) in [6.07, 6.45) is 2.03. The zero-order chi connectivity index (χ0) is 12.3. The van der Waals surface area contributed by atoms with Crippen molar-refractivity contribution in [1.29, 1.82) is 0 Å². The second-order valence-corrected chi connectivity index (χ2v) is 4.89. The van der Waals surface area contributed by atoms with Gasteiger partial charge in [0.25, 0.3) is 0 Å². The van der Waals surface area contributed by atoms with Gasteiger partial charge in [0.1, 0.15) is 0 Å². The van der Waals surface area contributed by atoms with E-state index in [0.717, 1.165) is 13.1 Å². The third-order valence-electron chi connectivity index (χ3n) is 3.69. The maximum Gasteiger partial charge on any atom is 0.0450 e. The van der Waals surface area contributed by atoms with E-state index in [1.807, 2.05) is 6.08 Å². The Morgan fingerprint density at radius 2 is 2.12 bits per heavy atom. The van der Waals surface area contributed by atoms with Crippen molar-refractivity contribution in [3.63, 3.8) is 0 Å². The van der Waals surface area contributed by atoms with E-state index in [4.69, 9.17) is 0 Å². The molecule has 0 aromatic heterocycles. The molecule has 0 aliphatic carbocycles. The first-order valence-corrected chi connectivity index (χ1v) is 6.39. The minimum absolute atomic E-state index is 0.440. The standard InChI is InChI=1S/C15H22N2/c1-4-12(2)17-11-15(16-10-13(17)3)14-8-6-5-7-9-14/h4-9,12-13,15-16H,1,10-11H2,2-3H3. The molecule has 3 unspecified atom stereocenters. The molecule has 1 heterocycles. The van der Waals surface area contributed by atoms with Gasteiger partial charge in [-0.3, -0.25) is 4.90 Å². The summed E-state index contributed by atoms with van der Waals surface area (Å²) in [6, 6.07) is 12.1. The molecule has 1 N–H and O–H groups in total. The Morgan fingerprint density at radius 1 is 1.41 bits per heavy atom. The Hall–Kier alpha value is -1.12. The van der Waals surface area contributed by atoms with E-state index in [1.165, 1.54) is 5.56 Å². The Bertz CT molecular complexity index is 360. The lowest BCUT2D eigenvalue weighted by Gasteiger charge is -2.41. The second kappa shape index (κ2) is 5.48. The highest BCUT2D eigenvalue weighted by molar-refractivity contribution is 5.20. The van der Waals surface area contributed by atoms with Crippen molar-refractivity contribution in [3.05, 3.63) is 48.6 Å². The summed E-state index contributed by atoms with van der Waals surface area (Å²) in [4.78, 5) is 2.52. The maximum atomic E-state index is 3.91. The van der Waals surface area contributed by atoms with E-state index < -0.39 is 0 Å². The molecule has 0 saturated carbocycles. The highest BCUT2D eigenvalue weighted by Gasteiger charge is 2.27. The fourth-order valence-corrected chi connectivity index (χ4v) is 2.50. The molecule has 0 bridgehead atoms. The van der Waals surface area contributed by atoms with Crippen LogP contribution < -0.4 is 5.32 Å². The number of nitrogens with one attached hydrogen (secondary N) is 1. The predicted octanol–water partition coefficient (Wildman–Crippen LogP) is 2.60. The molecule has 0 amide bonds. The van der Waals surface area contributed by atoms with Gasteiger partial charge in [-0.1, -0.05) is 36.4 Å². The smallest absolute Gasteiger partial charge is 0.0450 e. The van der Waals surface area contributed by atoms with Crippen molar-refractivity contribution in [1.82, 2.24) is 10.2 Å². The van der Waals surface area contributed by atoms with Gasteiger partial charge in [0.2, 0.25) is 0 Å². The van der Waals surface area contributed by atoms with Crippen LogP contribution in [-0.2, 0) is 0 Å². The molecular weight excluding hydrogens is 208 g/mol. The summed E-state index contributed by atoms with van der Waals surface area (Å²) in [5.41, 5.74) is 1.38. The number of piperazine rings is 1. The van der Waals surface area contributed by atoms with E-state index in [0.29, 0.717) is 18.1 Å². The van der Waals surface area contributed by atoms with Crippen LogP contribution in [-0.4, -0.2) is 30.1 Å². The van der Waals surface area contributed by atoms with Gasteiger partial charge in [-0.05, 0) is 19.4 Å². The predicted molar refractivity (Wildman–Crippen MR) is 73.0 cm³/mol. The molecule has 1 aromatic rings. The second-order valence-electron chi connectivity index (χ2n) is 4.89. The first-order valence-electron chi connectivity index (χ1n) is 6.39. The van der Waals surface area contributed by atoms with Crippen LogP contribution >= 0.6 is 0 Å². The molecule has 0 radical (unpaired) electrons. The fraction of sp³-hybridized carbons (Fsp3) is 0.467. The summed E-state index contributed by atoms with van der Waals surface area (Å²) in [5, 5.41) is 3.62. The molecule has 1 aromatic carbocycles. The van der Waals surface area contributed by atoms with Gasteiger partial charge in [0.15, 0.2) is 0 Å². The van der Waals surface area contributed by atoms with Gasteiger partial charge in [-0.2, -0.15) is 0 Å². The van der Waals surface area contributed by atoms with Crippen LogP contribution in [0, 0.1) is 0 Å². The van der Waals surface area contributed by atoms with E-state index in [9.17, 15) is 0 Å². The lowest BCUT2D eigenvalue weighted by atomic mass is 10.0. The Morgan fingerprint density at radius 3 is 2.76 bits per heavy atom.